The van der Waals surface area contributed by atoms with Crippen molar-refractivity contribution >= 4 is 0 Å². The third-order valence-corrected chi connectivity index (χ3v) is 2.77. The van der Waals surface area contributed by atoms with Crippen LogP contribution in [0, 0.1) is 0 Å². The second-order valence-electron chi connectivity index (χ2n) is 3.69. The summed E-state index contributed by atoms with van der Waals surface area (Å²) in [5.74, 6) is 0. The summed E-state index contributed by atoms with van der Waals surface area (Å²) in [4.78, 5) is 0. The molecule has 0 aromatic heterocycles. The second-order valence-corrected chi connectivity index (χ2v) is 3.69. The Hall–Kier alpha value is -0.200. The second kappa shape index (κ2) is 2.40. The molecular formula is C7H13NO4. The summed E-state index contributed by atoms with van der Waals surface area (Å²) >= 11 is 0. The van der Waals surface area contributed by atoms with Crippen LogP contribution in [-0.2, 0) is 0 Å². The van der Waals surface area contributed by atoms with E-state index >= 15 is 0 Å². The van der Waals surface area contributed by atoms with Gasteiger partial charge in [0.2, 0.25) is 0 Å². The van der Waals surface area contributed by atoms with Gasteiger partial charge in [-0.15, -0.1) is 0 Å². The Kier molecular flexibility index (Phi) is 1.68. The van der Waals surface area contributed by atoms with Crippen LogP contribution in [0.15, 0.2) is 0 Å². The normalized spacial score (nSPS) is 59.0. The third-order valence-electron chi connectivity index (χ3n) is 2.77. The van der Waals surface area contributed by atoms with Crippen LogP contribution in [0.25, 0.3) is 0 Å². The molecule has 0 amide bonds. The lowest BCUT2D eigenvalue weighted by molar-refractivity contribution is -0.153. The van der Waals surface area contributed by atoms with E-state index in [1.54, 1.807) is 0 Å². The highest BCUT2D eigenvalue weighted by molar-refractivity contribution is 5.07. The Bertz CT molecular complexity index is 196. The van der Waals surface area contributed by atoms with Crippen molar-refractivity contribution in [3.8, 4) is 0 Å². The first-order chi connectivity index (χ1) is 5.53. The minimum atomic E-state index is -1.50. The summed E-state index contributed by atoms with van der Waals surface area (Å²) in [6.07, 6.45) is -2.47. The third kappa shape index (κ3) is 0.982. The number of hydrogen-bond acceptors (Lipinski definition) is 5. The zero-order chi connectivity index (χ0) is 8.93. The van der Waals surface area contributed by atoms with E-state index in [0.717, 1.165) is 0 Å². The van der Waals surface area contributed by atoms with Gasteiger partial charge in [0.1, 0.15) is 11.8 Å². The fraction of sp³-hybridized carbons (Fsp3) is 1.00. The van der Waals surface area contributed by atoms with Crippen LogP contribution < -0.4 is 5.32 Å². The molecule has 2 aliphatic heterocycles. The first-order valence-electron chi connectivity index (χ1n) is 4.07. The van der Waals surface area contributed by atoms with Crippen LogP contribution >= 0.6 is 0 Å². The van der Waals surface area contributed by atoms with Gasteiger partial charge in [0.15, 0.2) is 0 Å². The number of fused-ring (bicyclic) bond motifs is 2. The van der Waals surface area contributed by atoms with Crippen molar-refractivity contribution in [1.29, 1.82) is 0 Å². The molecule has 5 nitrogen and oxygen atoms in total. The number of hydrogen-bond donors (Lipinski definition) is 5. The van der Waals surface area contributed by atoms with E-state index < -0.39 is 24.0 Å². The van der Waals surface area contributed by atoms with Gasteiger partial charge in [-0.25, -0.2) is 0 Å². The molecule has 0 aliphatic carbocycles. The number of rotatable bonds is 0. The monoisotopic (exact) mass is 175 g/mol. The highest BCUT2D eigenvalue weighted by Gasteiger charge is 2.54. The van der Waals surface area contributed by atoms with Gasteiger partial charge in [-0.05, 0) is 6.42 Å². The van der Waals surface area contributed by atoms with E-state index in [4.69, 9.17) is 0 Å². The zero-order valence-electron chi connectivity index (χ0n) is 6.51. The van der Waals surface area contributed by atoms with E-state index in [2.05, 4.69) is 5.32 Å². The Morgan fingerprint density at radius 1 is 1.17 bits per heavy atom. The summed E-state index contributed by atoms with van der Waals surface area (Å²) in [7, 11) is 0. The van der Waals surface area contributed by atoms with Crippen molar-refractivity contribution in [2.24, 2.45) is 0 Å². The Morgan fingerprint density at radius 2 is 1.83 bits per heavy atom. The molecule has 2 heterocycles. The first-order valence-corrected chi connectivity index (χ1v) is 4.07. The topological polar surface area (TPSA) is 93.0 Å². The lowest BCUT2D eigenvalue weighted by Crippen LogP contribution is -2.61. The smallest absolute Gasteiger partial charge is 0.147 e. The Labute approximate surface area is 69.6 Å². The molecule has 3 unspecified atom stereocenters. The van der Waals surface area contributed by atoms with Crippen molar-refractivity contribution in [2.45, 2.75) is 42.9 Å². The van der Waals surface area contributed by atoms with Gasteiger partial charge in [-0.2, -0.15) is 0 Å². The molecule has 70 valence electrons. The molecule has 2 fully saturated rings. The molecule has 12 heavy (non-hydrogen) atoms. The fourth-order valence-electron chi connectivity index (χ4n) is 2.07. The van der Waals surface area contributed by atoms with Crippen molar-refractivity contribution in [3.63, 3.8) is 0 Å². The highest BCUT2D eigenvalue weighted by atomic mass is 16.4. The molecular weight excluding hydrogens is 162 g/mol. The van der Waals surface area contributed by atoms with Gasteiger partial charge in [0.25, 0.3) is 0 Å². The number of nitrogens with one attached hydrogen (secondary N) is 1. The van der Waals surface area contributed by atoms with E-state index in [1.165, 1.54) is 0 Å². The summed E-state index contributed by atoms with van der Waals surface area (Å²) in [5.41, 5.74) is -1.50. The van der Waals surface area contributed by atoms with E-state index in [-0.39, 0.29) is 18.9 Å². The molecule has 2 rings (SSSR count). The maximum absolute atomic E-state index is 9.65. The largest absolute Gasteiger partial charge is 0.391 e. The SMILES string of the molecule is OC1CC2(O)NC1C[C@@H](O)[C@@H]2O. The van der Waals surface area contributed by atoms with Gasteiger partial charge in [0, 0.05) is 12.5 Å². The van der Waals surface area contributed by atoms with Crippen molar-refractivity contribution < 1.29 is 20.4 Å². The quantitative estimate of drug-likeness (QED) is 0.281. The fourth-order valence-corrected chi connectivity index (χ4v) is 2.07. The van der Waals surface area contributed by atoms with E-state index in [1.807, 2.05) is 0 Å². The van der Waals surface area contributed by atoms with Gasteiger partial charge < -0.3 is 20.4 Å². The van der Waals surface area contributed by atoms with Crippen LogP contribution in [0.3, 0.4) is 0 Å². The molecule has 0 saturated carbocycles. The molecule has 0 aromatic rings. The lowest BCUT2D eigenvalue weighted by Gasteiger charge is -2.37. The first kappa shape index (κ1) is 8.40. The van der Waals surface area contributed by atoms with Crippen molar-refractivity contribution in [3.05, 3.63) is 0 Å². The average Bonchev–Trinajstić information content (AvgIpc) is 2.22. The molecule has 2 aliphatic rings. The molecule has 0 radical (unpaired) electrons. The zero-order valence-corrected chi connectivity index (χ0v) is 6.51. The number of piperidine rings is 1. The predicted molar refractivity (Wildman–Crippen MR) is 39.1 cm³/mol. The highest BCUT2D eigenvalue weighted by Crippen LogP contribution is 2.34. The Morgan fingerprint density at radius 3 is 2.50 bits per heavy atom. The molecule has 2 bridgehead atoms. The van der Waals surface area contributed by atoms with Crippen LogP contribution in [0.2, 0.25) is 0 Å². The summed E-state index contributed by atoms with van der Waals surface area (Å²) in [6, 6.07) is -0.298. The van der Waals surface area contributed by atoms with Gasteiger partial charge in [0.05, 0.1) is 12.2 Å². The molecule has 2 saturated heterocycles. The van der Waals surface area contributed by atoms with Crippen molar-refractivity contribution in [2.75, 3.05) is 0 Å². The number of aliphatic hydroxyl groups is 4. The van der Waals surface area contributed by atoms with Crippen molar-refractivity contribution in [1.82, 2.24) is 5.32 Å². The predicted octanol–water partition coefficient (Wildman–Crippen LogP) is -2.48. The molecule has 5 N–H and O–H groups in total. The van der Waals surface area contributed by atoms with Gasteiger partial charge >= 0.3 is 0 Å². The van der Waals surface area contributed by atoms with Gasteiger partial charge in [-0.3, -0.25) is 5.32 Å². The maximum atomic E-state index is 9.65. The van der Waals surface area contributed by atoms with Gasteiger partial charge in [-0.1, -0.05) is 0 Å². The molecule has 5 heteroatoms. The minimum Gasteiger partial charge on any atom is -0.391 e. The average molecular weight is 175 g/mol. The van der Waals surface area contributed by atoms with Crippen LogP contribution in [0.5, 0.6) is 0 Å². The maximum Gasteiger partial charge on any atom is 0.147 e. The summed E-state index contributed by atoms with van der Waals surface area (Å²) < 4.78 is 0. The summed E-state index contributed by atoms with van der Waals surface area (Å²) in [5, 5.41) is 40.3. The molecule has 0 spiro atoms. The van der Waals surface area contributed by atoms with Crippen LogP contribution in [-0.4, -0.2) is 50.5 Å². The molecule has 5 atom stereocenters. The standard InChI is InChI=1S/C7H13NO4/c9-4-1-3-5(10)2-7(12,8-3)6(4)11/h3-6,8-12H,1-2H2/t3?,4-,5?,6+,7?/m1/s1. The molecule has 0 aromatic carbocycles. The Balaban J connectivity index is 2.24. The lowest BCUT2D eigenvalue weighted by atomic mass is 9.96. The minimum absolute atomic E-state index is 0.0793. The van der Waals surface area contributed by atoms with Crippen LogP contribution in [0.1, 0.15) is 12.8 Å². The van der Waals surface area contributed by atoms with E-state index in [0.29, 0.717) is 0 Å². The number of aliphatic hydroxyl groups excluding tert-OH is 3. The van der Waals surface area contributed by atoms with Crippen LogP contribution in [0.4, 0.5) is 0 Å². The van der Waals surface area contributed by atoms with E-state index in [9.17, 15) is 20.4 Å². The summed E-state index contributed by atoms with van der Waals surface area (Å²) in [6.45, 7) is 0.